The van der Waals surface area contributed by atoms with E-state index < -0.39 is 9.84 Å². The summed E-state index contributed by atoms with van der Waals surface area (Å²) in [6.07, 6.45) is 6.53. The van der Waals surface area contributed by atoms with Gasteiger partial charge in [0.05, 0.1) is 5.25 Å². The lowest BCUT2D eigenvalue weighted by molar-refractivity contribution is 0.246. The second-order valence-electron chi connectivity index (χ2n) is 7.32. The maximum atomic E-state index is 11.7. The summed E-state index contributed by atoms with van der Waals surface area (Å²) < 4.78 is 23.4. The van der Waals surface area contributed by atoms with Gasteiger partial charge in [-0.15, -0.1) is 0 Å². The molecular formula is C15H31NO2S. The van der Waals surface area contributed by atoms with Crippen LogP contribution in [0, 0.1) is 11.8 Å². The Labute approximate surface area is 119 Å². The maximum Gasteiger partial charge on any atom is 0.150 e. The first kappa shape index (κ1) is 17.0. The Balaban J connectivity index is 2.42. The van der Waals surface area contributed by atoms with Crippen LogP contribution < -0.4 is 5.32 Å². The first-order valence-corrected chi connectivity index (χ1v) is 9.49. The van der Waals surface area contributed by atoms with Crippen LogP contribution in [0.4, 0.5) is 0 Å². The van der Waals surface area contributed by atoms with Gasteiger partial charge in [-0.25, -0.2) is 8.42 Å². The minimum absolute atomic E-state index is 0.0933. The van der Waals surface area contributed by atoms with Crippen LogP contribution in [-0.4, -0.2) is 32.0 Å². The molecule has 3 nitrogen and oxygen atoms in total. The van der Waals surface area contributed by atoms with E-state index in [1.54, 1.807) is 0 Å². The molecule has 1 saturated carbocycles. The van der Waals surface area contributed by atoms with Crippen molar-refractivity contribution in [1.82, 2.24) is 5.32 Å². The molecule has 0 heterocycles. The van der Waals surface area contributed by atoms with Gasteiger partial charge in [-0.1, -0.05) is 19.8 Å². The number of hydrogen-bond acceptors (Lipinski definition) is 3. The van der Waals surface area contributed by atoms with Crippen molar-refractivity contribution >= 4 is 9.84 Å². The Morgan fingerprint density at radius 3 is 2.42 bits per heavy atom. The average Bonchev–Trinajstić information content (AvgIpc) is 2.26. The van der Waals surface area contributed by atoms with Crippen molar-refractivity contribution in [3.63, 3.8) is 0 Å². The van der Waals surface area contributed by atoms with Crippen molar-refractivity contribution in [3.05, 3.63) is 0 Å². The summed E-state index contributed by atoms with van der Waals surface area (Å²) in [5.41, 5.74) is 0.168. The highest BCUT2D eigenvalue weighted by Crippen LogP contribution is 2.34. The van der Waals surface area contributed by atoms with Gasteiger partial charge in [-0.3, -0.25) is 0 Å². The largest absolute Gasteiger partial charge is 0.312 e. The molecular weight excluding hydrogens is 258 g/mol. The van der Waals surface area contributed by atoms with E-state index in [-0.39, 0.29) is 10.8 Å². The second-order valence-corrected chi connectivity index (χ2v) is 9.65. The highest BCUT2D eigenvalue weighted by atomic mass is 32.2. The molecule has 1 aliphatic carbocycles. The van der Waals surface area contributed by atoms with Crippen LogP contribution >= 0.6 is 0 Å². The molecule has 1 rings (SSSR count). The first-order chi connectivity index (χ1) is 8.59. The molecule has 1 aliphatic rings. The van der Waals surface area contributed by atoms with Crippen molar-refractivity contribution in [2.75, 3.05) is 12.8 Å². The summed E-state index contributed by atoms with van der Waals surface area (Å²) in [5.74, 6) is 1.19. The van der Waals surface area contributed by atoms with Crippen molar-refractivity contribution in [2.24, 2.45) is 11.8 Å². The van der Waals surface area contributed by atoms with E-state index in [1.807, 2.05) is 0 Å². The summed E-state index contributed by atoms with van der Waals surface area (Å²) in [4.78, 5) is 0. The van der Waals surface area contributed by atoms with Gasteiger partial charge in [0.2, 0.25) is 0 Å². The van der Waals surface area contributed by atoms with Gasteiger partial charge < -0.3 is 5.32 Å². The van der Waals surface area contributed by atoms with Crippen LogP contribution in [0.1, 0.15) is 59.8 Å². The van der Waals surface area contributed by atoms with Gasteiger partial charge >= 0.3 is 0 Å². The summed E-state index contributed by atoms with van der Waals surface area (Å²) >= 11 is 0. The molecule has 3 atom stereocenters. The van der Waals surface area contributed by atoms with Crippen LogP contribution in [0.25, 0.3) is 0 Å². The van der Waals surface area contributed by atoms with Crippen molar-refractivity contribution in [2.45, 2.75) is 70.6 Å². The van der Waals surface area contributed by atoms with Crippen LogP contribution in [-0.2, 0) is 9.84 Å². The van der Waals surface area contributed by atoms with Crippen molar-refractivity contribution in [1.29, 1.82) is 0 Å². The van der Waals surface area contributed by atoms with Gasteiger partial charge in [-0.2, -0.15) is 0 Å². The van der Waals surface area contributed by atoms with Gasteiger partial charge in [0.1, 0.15) is 9.84 Å². The van der Waals surface area contributed by atoms with Gasteiger partial charge in [0.25, 0.3) is 0 Å². The summed E-state index contributed by atoms with van der Waals surface area (Å²) in [6, 6.07) is 0. The molecule has 0 aromatic heterocycles. The monoisotopic (exact) mass is 289 g/mol. The molecule has 114 valence electrons. The molecule has 0 spiro atoms. The fourth-order valence-electron chi connectivity index (χ4n) is 3.00. The van der Waals surface area contributed by atoms with Crippen LogP contribution in [0.15, 0.2) is 0 Å². The first-order valence-electron chi connectivity index (χ1n) is 7.53. The Morgan fingerprint density at radius 2 is 1.89 bits per heavy atom. The van der Waals surface area contributed by atoms with Gasteiger partial charge in [0, 0.05) is 11.8 Å². The molecule has 3 unspecified atom stereocenters. The van der Waals surface area contributed by atoms with E-state index in [0.29, 0.717) is 11.8 Å². The zero-order valence-electron chi connectivity index (χ0n) is 13.2. The normalized spacial score (nSPS) is 27.2. The van der Waals surface area contributed by atoms with Gasteiger partial charge in [-0.05, 0) is 58.4 Å². The molecule has 1 N–H and O–H groups in total. The van der Waals surface area contributed by atoms with E-state index in [4.69, 9.17) is 0 Å². The van der Waals surface area contributed by atoms with E-state index in [0.717, 1.165) is 32.2 Å². The molecule has 0 amide bonds. The van der Waals surface area contributed by atoms with Crippen LogP contribution in [0.3, 0.4) is 0 Å². The summed E-state index contributed by atoms with van der Waals surface area (Å²) in [5, 5.41) is 3.42. The lowest BCUT2D eigenvalue weighted by Gasteiger charge is -2.32. The molecule has 0 saturated heterocycles. The highest BCUT2D eigenvalue weighted by Gasteiger charge is 2.31. The fourth-order valence-corrected chi connectivity index (χ4v) is 4.19. The predicted molar refractivity (Wildman–Crippen MR) is 82.1 cm³/mol. The summed E-state index contributed by atoms with van der Waals surface area (Å²) in [7, 11) is -2.85. The highest BCUT2D eigenvalue weighted by molar-refractivity contribution is 7.91. The average molecular weight is 289 g/mol. The Bertz CT molecular complexity index is 370. The zero-order chi connectivity index (χ0) is 14.7. The van der Waals surface area contributed by atoms with Crippen molar-refractivity contribution in [3.8, 4) is 0 Å². The summed E-state index contributed by atoms with van der Waals surface area (Å²) in [6.45, 7) is 9.83. The van der Waals surface area contributed by atoms with E-state index >= 15 is 0 Å². The Hall–Kier alpha value is -0.0900. The van der Waals surface area contributed by atoms with Crippen LogP contribution in [0.5, 0.6) is 0 Å². The molecule has 19 heavy (non-hydrogen) atoms. The number of nitrogens with one attached hydrogen (secondary N) is 1. The van der Waals surface area contributed by atoms with E-state index in [2.05, 4.69) is 33.0 Å². The van der Waals surface area contributed by atoms with E-state index in [1.165, 1.54) is 12.7 Å². The lowest BCUT2D eigenvalue weighted by Crippen LogP contribution is -2.38. The van der Waals surface area contributed by atoms with E-state index in [9.17, 15) is 8.42 Å². The number of sulfone groups is 1. The third kappa shape index (κ3) is 6.26. The van der Waals surface area contributed by atoms with Gasteiger partial charge in [0.15, 0.2) is 0 Å². The molecule has 1 fully saturated rings. The third-order valence-corrected chi connectivity index (χ3v) is 5.97. The standard InChI is InChI=1S/C15H31NO2S/c1-12(9-10-16-15(2,3)4)13-7-6-8-14(11-13)19(5,17)18/h12-14,16H,6-11H2,1-5H3. The predicted octanol–water partition coefficient (Wildman–Crippen LogP) is 3.00. The zero-order valence-corrected chi connectivity index (χ0v) is 14.0. The Morgan fingerprint density at radius 1 is 1.26 bits per heavy atom. The maximum absolute atomic E-state index is 11.7. The number of hydrogen-bond donors (Lipinski definition) is 1. The topological polar surface area (TPSA) is 46.2 Å². The molecule has 0 aromatic rings. The molecule has 0 radical (unpaired) electrons. The molecule has 0 aromatic carbocycles. The minimum Gasteiger partial charge on any atom is -0.312 e. The quantitative estimate of drug-likeness (QED) is 0.846. The third-order valence-electron chi connectivity index (χ3n) is 4.33. The fraction of sp³-hybridized carbons (Fsp3) is 1.00. The lowest BCUT2D eigenvalue weighted by atomic mass is 9.79. The Kier molecular flexibility index (Phi) is 5.87. The number of rotatable bonds is 5. The van der Waals surface area contributed by atoms with Crippen molar-refractivity contribution < 1.29 is 8.42 Å². The minimum atomic E-state index is -2.85. The second kappa shape index (κ2) is 6.57. The molecule has 0 aliphatic heterocycles. The molecule has 4 heteroatoms. The molecule has 0 bridgehead atoms. The van der Waals surface area contributed by atoms with Crippen LogP contribution in [0.2, 0.25) is 0 Å². The smallest absolute Gasteiger partial charge is 0.150 e. The SMILES string of the molecule is CC(CCNC(C)(C)C)C1CCCC(S(C)(=O)=O)C1.